The highest BCUT2D eigenvalue weighted by molar-refractivity contribution is 5.38. The SMILES string of the molecule is CC(O)C#Cc1ccc(C(F)(F)C2(c3ccc(F)cc3F)CO2)nc1. The summed E-state index contributed by atoms with van der Waals surface area (Å²) in [4.78, 5) is 3.70. The van der Waals surface area contributed by atoms with Crippen LogP contribution in [0.1, 0.15) is 23.7 Å². The molecule has 0 saturated carbocycles. The van der Waals surface area contributed by atoms with E-state index < -0.39 is 47.1 Å². The lowest BCUT2D eigenvalue weighted by molar-refractivity contribution is -0.0901. The number of hydrogen-bond acceptors (Lipinski definition) is 3. The lowest BCUT2D eigenvalue weighted by Gasteiger charge is -2.24. The minimum absolute atomic E-state index is 0.346. The summed E-state index contributed by atoms with van der Waals surface area (Å²) in [6.45, 7) is 1.06. The van der Waals surface area contributed by atoms with Crippen molar-refractivity contribution >= 4 is 0 Å². The Balaban J connectivity index is 1.95. The van der Waals surface area contributed by atoms with Crippen molar-refractivity contribution in [2.45, 2.75) is 24.6 Å². The second-order valence-corrected chi connectivity index (χ2v) is 5.69. The van der Waals surface area contributed by atoms with E-state index in [9.17, 15) is 17.6 Å². The molecule has 3 rings (SSSR count). The number of hydrogen-bond donors (Lipinski definition) is 1. The van der Waals surface area contributed by atoms with Gasteiger partial charge in [-0.25, -0.2) is 8.78 Å². The van der Waals surface area contributed by atoms with Crippen LogP contribution < -0.4 is 0 Å². The molecule has 2 heterocycles. The smallest absolute Gasteiger partial charge is 0.324 e. The molecule has 25 heavy (non-hydrogen) atoms. The van der Waals surface area contributed by atoms with Crippen LogP contribution in [-0.4, -0.2) is 22.8 Å². The molecule has 3 nitrogen and oxygen atoms in total. The number of aromatic nitrogens is 1. The number of halogens is 4. The van der Waals surface area contributed by atoms with Crippen LogP contribution in [0.5, 0.6) is 0 Å². The molecule has 2 aromatic rings. The van der Waals surface area contributed by atoms with E-state index in [-0.39, 0.29) is 0 Å². The highest BCUT2D eigenvalue weighted by Gasteiger charge is 2.68. The number of rotatable bonds is 3. The first-order chi connectivity index (χ1) is 11.8. The van der Waals surface area contributed by atoms with Crippen molar-refractivity contribution in [3.63, 3.8) is 0 Å². The summed E-state index contributed by atoms with van der Waals surface area (Å²) in [7, 11) is 0. The Morgan fingerprint density at radius 1 is 1.28 bits per heavy atom. The van der Waals surface area contributed by atoms with Crippen molar-refractivity contribution in [2.24, 2.45) is 0 Å². The fraction of sp³-hybridized carbons (Fsp3) is 0.278. The molecule has 1 aliphatic heterocycles. The van der Waals surface area contributed by atoms with Gasteiger partial charge < -0.3 is 9.84 Å². The van der Waals surface area contributed by atoms with Crippen LogP contribution in [0.15, 0.2) is 36.5 Å². The van der Waals surface area contributed by atoms with E-state index in [1.807, 2.05) is 0 Å². The van der Waals surface area contributed by atoms with Crippen LogP contribution in [0.2, 0.25) is 0 Å². The summed E-state index contributed by atoms with van der Waals surface area (Å²) in [6.07, 6.45) is 0.279. The van der Waals surface area contributed by atoms with Gasteiger partial charge in [-0.3, -0.25) is 4.98 Å². The number of benzene rings is 1. The van der Waals surface area contributed by atoms with Crippen LogP contribution >= 0.6 is 0 Å². The first-order valence-corrected chi connectivity index (χ1v) is 7.40. The average molecular weight is 351 g/mol. The molecule has 0 spiro atoms. The van der Waals surface area contributed by atoms with Crippen LogP contribution in [0.4, 0.5) is 17.6 Å². The predicted octanol–water partition coefficient (Wildman–Crippen LogP) is 3.11. The molecule has 0 bridgehead atoms. The van der Waals surface area contributed by atoms with Gasteiger partial charge in [-0.1, -0.05) is 11.8 Å². The summed E-state index contributed by atoms with van der Waals surface area (Å²) >= 11 is 0. The van der Waals surface area contributed by atoms with E-state index in [2.05, 4.69) is 16.8 Å². The fourth-order valence-electron chi connectivity index (χ4n) is 2.44. The number of epoxide rings is 1. The Morgan fingerprint density at radius 2 is 2.00 bits per heavy atom. The van der Waals surface area contributed by atoms with Crippen molar-refractivity contribution in [1.82, 2.24) is 4.98 Å². The number of pyridine rings is 1. The maximum atomic E-state index is 14.9. The van der Waals surface area contributed by atoms with Gasteiger partial charge in [-0.2, -0.15) is 8.78 Å². The summed E-state index contributed by atoms with van der Waals surface area (Å²) in [6, 6.07) is 4.78. The molecule has 1 saturated heterocycles. The van der Waals surface area contributed by atoms with Crippen LogP contribution in [0.25, 0.3) is 0 Å². The second-order valence-electron chi connectivity index (χ2n) is 5.69. The van der Waals surface area contributed by atoms with E-state index in [4.69, 9.17) is 9.84 Å². The van der Waals surface area contributed by atoms with Gasteiger partial charge in [0.25, 0.3) is 0 Å². The lowest BCUT2D eigenvalue weighted by atomic mass is 9.90. The van der Waals surface area contributed by atoms with Gasteiger partial charge in [0.15, 0.2) is 5.60 Å². The number of ether oxygens (including phenoxy) is 1. The van der Waals surface area contributed by atoms with Gasteiger partial charge in [0, 0.05) is 23.4 Å². The predicted molar refractivity (Wildman–Crippen MR) is 80.7 cm³/mol. The maximum Gasteiger partial charge on any atom is 0.324 e. The quantitative estimate of drug-likeness (QED) is 0.525. The maximum absolute atomic E-state index is 14.9. The van der Waals surface area contributed by atoms with Gasteiger partial charge in [-0.15, -0.1) is 0 Å². The molecule has 1 fully saturated rings. The number of aliphatic hydroxyl groups excluding tert-OH is 1. The molecule has 1 aromatic carbocycles. The molecule has 7 heteroatoms. The van der Waals surface area contributed by atoms with E-state index in [0.29, 0.717) is 11.6 Å². The monoisotopic (exact) mass is 351 g/mol. The molecular formula is C18H13F4NO2. The minimum Gasteiger partial charge on any atom is -0.381 e. The highest BCUT2D eigenvalue weighted by atomic mass is 19.3. The zero-order valence-electron chi connectivity index (χ0n) is 13.1. The third-order valence-corrected chi connectivity index (χ3v) is 3.82. The highest BCUT2D eigenvalue weighted by Crippen LogP contribution is 2.56. The Kier molecular flexibility index (Phi) is 4.27. The van der Waals surface area contributed by atoms with Gasteiger partial charge >= 0.3 is 5.92 Å². The zero-order valence-corrected chi connectivity index (χ0v) is 13.1. The molecule has 0 amide bonds. The first-order valence-electron chi connectivity index (χ1n) is 7.40. The number of nitrogens with zero attached hydrogens (tertiary/aromatic N) is 1. The molecule has 1 aliphatic rings. The van der Waals surface area contributed by atoms with Crippen molar-refractivity contribution in [3.8, 4) is 11.8 Å². The molecule has 130 valence electrons. The normalized spacial score (nSPS) is 20.6. The third kappa shape index (κ3) is 3.11. The van der Waals surface area contributed by atoms with Crippen LogP contribution in [0.3, 0.4) is 0 Å². The van der Waals surface area contributed by atoms with Gasteiger partial charge in [0.1, 0.15) is 23.4 Å². The largest absolute Gasteiger partial charge is 0.381 e. The fourth-order valence-corrected chi connectivity index (χ4v) is 2.44. The summed E-state index contributed by atoms with van der Waals surface area (Å²) in [5, 5.41) is 9.09. The minimum atomic E-state index is -3.62. The van der Waals surface area contributed by atoms with Crippen molar-refractivity contribution in [1.29, 1.82) is 0 Å². The summed E-state index contributed by atoms with van der Waals surface area (Å²) in [5.74, 6) is -0.532. The lowest BCUT2D eigenvalue weighted by Crippen LogP contribution is -2.34. The van der Waals surface area contributed by atoms with E-state index in [1.165, 1.54) is 13.0 Å². The number of alkyl halides is 2. The Labute approximate surface area is 141 Å². The number of aliphatic hydroxyl groups is 1. The van der Waals surface area contributed by atoms with Crippen molar-refractivity contribution in [2.75, 3.05) is 6.61 Å². The molecule has 0 radical (unpaired) electrons. The molecule has 1 aromatic heterocycles. The zero-order chi connectivity index (χ0) is 18.2. The van der Waals surface area contributed by atoms with Gasteiger partial charge in [-0.05, 0) is 31.2 Å². The molecule has 2 unspecified atom stereocenters. The Morgan fingerprint density at radius 3 is 2.52 bits per heavy atom. The third-order valence-electron chi connectivity index (χ3n) is 3.82. The van der Waals surface area contributed by atoms with E-state index in [1.54, 1.807) is 0 Å². The van der Waals surface area contributed by atoms with Crippen LogP contribution in [0, 0.1) is 23.5 Å². The van der Waals surface area contributed by atoms with E-state index in [0.717, 1.165) is 24.4 Å². The van der Waals surface area contributed by atoms with Crippen molar-refractivity contribution in [3.05, 3.63) is 65.0 Å². The first kappa shape index (κ1) is 17.4. The average Bonchev–Trinajstić information content (AvgIpc) is 3.35. The standard InChI is InChI=1S/C18H13F4NO2/c1-11(24)2-3-12-4-7-16(23-9-12)18(21,22)17(10-25-17)14-6-5-13(19)8-15(14)20/h4-9,11,24H,10H2,1H3. The molecular weight excluding hydrogens is 338 g/mol. The Bertz CT molecular complexity index is 850. The van der Waals surface area contributed by atoms with Crippen molar-refractivity contribution < 1.29 is 27.4 Å². The second kappa shape index (κ2) is 6.14. The summed E-state index contributed by atoms with van der Waals surface area (Å²) < 4.78 is 61.7. The summed E-state index contributed by atoms with van der Waals surface area (Å²) in [5.41, 5.74) is -2.89. The molecule has 2 atom stereocenters. The van der Waals surface area contributed by atoms with Gasteiger partial charge in [0.05, 0.1) is 6.61 Å². The topological polar surface area (TPSA) is 45.6 Å². The molecule has 0 aliphatic carbocycles. The molecule has 1 N–H and O–H groups in total. The van der Waals surface area contributed by atoms with Gasteiger partial charge in [0.2, 0.25) is 0 Å². The van der Waals surface area contributed by atoms with Crippen LogP contribution in [-0.2, 0) is 16.3 Å². The Hall–Kier alpha value is -2.43. The van der Waals surface area contributed by atoms with E-state index >= 15 is 0 Å².